The van der Waals surface area contributed by atoms with Gasteiger partial charge in [-0.15, -0.1) is 11.4 Å². The van der Waals surface area contributed by atoms with Crippen LogP contribution in [0.2, 0.25) is 0 Å². The van der Waals surface area contributed by atoms with Crippen LogP contribution in [0, 0.1) is 0 Å². The van der Waals surface area contributed by atoms with E-state index in [1.54, 1.807) is 5.41 Å². The van der Waals surface area contributed by atoms with Crippen LogP contribution in [-0.2, 0) is 4.74 Å². The van der Waals surface area contributed by atoms with Gasteiger partial charge < -0.3 is 25.4 Å². The summed E-state index contributed by atoms with van der Waals surface area (Å²) >= 11 is 6.61. The van der Waals surface area contributed by atoms with Crippen LogP contribution in [0.4, 0.5) is 0 Å². The predicted octanol–water partition coefficient (Wildman–Crippen LogP) is -1.75. The van der Waals surface area contributed by atoms with Crippen molar-refractivity contribution in [1.29, 1.82) is 0 Å². The largest absolute Gasteiger partial charge is 0.394 e. The van der Waals surface area contributed by atoms with Crippen LogP contribution in [0.15, 0.2) is 10.6 Å². The predicted molar refractivity (Wildman–Crippen MR) is 66.8 cm³/mol. The monoisotopic (exact) mass is 282 g/mol. The van der Waals surface area contributed by atoms with Crippen LogP contribution in [0.25, 0.3) is 0 Å². The van der Waals surface area contributed by atoms with Crippen molar-refractivity contribution >= 4 is 28.1 Å². The van der Waals surface area contributed by atoms with Crippen LogP contribution >= 0.6 is 23.0 Å². The lowest BCUT2D eigenvalue weighted by Crippen LogP contribution is -2.60. The molecule has 0 aliphatic carbocycles. The minimum absolute atomic E-state index is 0.210. The molecule has 5 N–H and O–H groups in total. The van der Waals surface area contributed by atoms with Gasteiger partial charge in [0.1, 0.15) is 28.6 Å². The van der Waals surface area contributed by atoms with Crippen molar-refractivity contribution in [3.8, 4) is 0 Å². The number of ether oxygens (including phenoxy) is 1. The third-order valence-corrected chi connectivity index (χ3v) is 3.92. The molecule has 0 aromatic carbocycles. The molecule has 0 spiro atoms. The van der Waals surface area contributed by atoms with Crippen LogP contribution in [-0.4, -0.2) is 58.0 Å². The fourth-order valence-electron chi connectivity index (χ4n) is 1.72. The first kappa shape index (κ1) is 13.3. The highest BCUT2D eigenvalue weighted by Gasteiger charge is 2.38. The number of thiol groups is 1. The lowest BCUT2D eigenvalue weighted by molar-refractivity contribution is -0.159. The average Bonchev–Trinajstić information content (AvgIpc) is 2.71. The zero-order valence-electron chi connectivity index (χ0n) is 8.88. The highest BCUT2D eigenvalue weighted by atomic mass is 35.5. The van der Waals surface area contributed by atoms with Gasteiger partial charge in [-0.3, -0.25) is 5.32 Å². The van der Waals surface area contributed by atoms with Crippen LogP contribution < -0.4 is 10.6 Å². The van der Waals surface area contributed by atoms with E-state index in [1.165, 1.54) is 0 Å². The summed E-state index contributed by atoms with van der Waals surface area (Å²) in [5.74, 6) is 0. The Morgan fingerprint density at radius 2 is 2.29 bits per heavy atom. The highest BCUT2D eigenvalue weighted by Crippen LogP contribution is 2.16. The van der Waals surface area contributed by atoms with E-state index in [1.807, 2.05) is 0 Å². The van der Waals surface area contributed by atoms with Gasteiger partial charge in [-0.2, -0.15) is 0 Å². The number of aliphatic hydroxyl groups excluding tert-OH is 3. The summed E-state index contributed by atoms with van der Waals surface area (Å²) in [6.45, 7) is -0.104. The molecule has 0 radical (unpaired) electrons. The van der Waals surface area contributed by atoms with Gasteiger partial charge in [-0.1, -0.05) is 11.6 Å². The Bertz CT molecular complexity index is 352. The number of aliphatic hydroxyl groups is 3. The molecule has 0 aromatic heterocycles. The quantitative estimate of drug-likeness (QED) is 0.204. The van der Waals surface area contributed by atoms with Crippen molar-refractivity contribution in [2.45, 2.75) is 24.4 Å². The van der Waals surface area contributed by atoms with Crippen molar-refractivity contribution in [2.24, 2.45) is 0 Å². The Balaban J connectivity index is 1.91. The molecule has 4 atom stereocenters. The van der Waals surface area contributed by atoms with E-state index >= 15 is 0 Å². The summed E-state index contributed by atoms with van der Waals surface area (Å²) in [4.78, 5) is 0. The summed E-state index contributed by atoms with van der Waals surface area (Å²) < 4.78 is 5.24. The van der Waals surface area contributed by atoms with Gasteiger partial charge in [-0.25, -0.2) is 0 Å². The summed E-state index contributed by atoms with van der Waals surface area (Å²) in [5.41, 5.74) is 0. The number of halogens is 1. The van der Waals surface area contributed by atoms with E-state index in [9.17, 15) is 10.2 Å². The maximum absolute atomic E-state index is 9.87. The minimum Gasteiger partial charge on any atom is -0.394 e. The number of rotatable bonds is 2. The molecule has 0 bridgehead atoms. The van der Waals surface area contributed by atoms with Gasteiger partial charge in [0.05, 0.1) is 19.3 Å². The molecular formula is C9H15ClN2O4S. The molecule has 17 heavy (non-hydrogen) atoms. The van der Waals surface area contributed by atoms with E-state index in [-0.39, 0.29) is 13.2 Å². The minimum atomic E-state index is -1.10. The average molecular weight is 283 g/mol. The first-order valence-corrected chi connectivity index (χ1v) is 6.51. The Labute approximate surface area is 107 Å². The van der Waals surface area contributed by atoms with Crippen LogP contribution in [0.1, 0.15) is 0 Å². The Hall–Kier alpha value is -0.150. The second-order valence-electron chi connectivity index (χ2n) is 3.87. The zero-order chi connectivity index (χ0) is 12.4. The summed E-state index contributed by atoms with van der Waals surface area (Å²) in [6, 6.07) is -0.432. The van der Waals surface area contributed by atoms with E-state index in [0.29, 0.717) is 5.16 Å². The van der Waals surface area contributed by atoms with Crippen LogP contribution in [0.3, 0.4) is 0 Å². The standard InChI is InChI=1S/C9H15ClN2O4S/c10-6-3-17-9(12-6)11-4-2-16-5(1-13)8(15)7(4)14/h3-5,7-8,11-15,17H,1-2H2/t4-,5-,7-,8+/m1/s1. The van der Waals surface area contributed by atoms with Crippen molar-refractivity contribution in [3.63, 3.8) is 0 Å². The Morgan fingerprint density at radius 3 is 2.88 bits per heavy atom. The molecular weight excluding hydrogens is 268 g/mol. The highest BCUT2D eigenvalue weighted by molar-refractivity contribution is 8.01. The second-order valence-corrected chi connectivity index (χ2v) is 5.24. The van der Waals surface area contributed by atoms with Gasteiger partial charge >= 0.3 is 0 Å². The van der Waals surface area contributed by atoms with Crippen molar-refractivity contribution in [1.82, 2.24) is 10.6 Å². The summed E-state index contributed by atoms with van der Waals surface area (Å²) in [7, 11) is 0. The lowest BCUT2D eigenvalue weighted by Gasteiger charge is -2.37. The fourth-order valence-corrected chi connectivity index (χ4v) is 2.76. The molecule has 2 rings (SSSR count). The molecule has 2 aliphatic heterocycles. The fraction of sp³-hybridized carbons (Fsp3) is 0.667. The van der Waals surface area contributed by atoms with Crippen molar-refractivity contribution in [2.75, 3.05) is 13.2 Å². The third-order valence-electron chi connectivity index (χ3n) is 2.68. The zero-order valence-corrected chi connectivity index (χ0v) is 10.5. The first-order chi connectivity index (χ1) is 8.11. The van der Waals surface area contributed by atoms with E-state index < -0.39 is 24.4 Å². The molecule has 0 amide bonds. The van der Waals surface area contributed by atoms with Gasteiger partial charge in [0.15, 0.2) is 0 Å². The molecule has 8 heteroatoms. The number of nitrogens with one attached hydrogen (secondary N) is 2. The van der Waals surface area contributed by atoms with Crippen molar-refractivity contribution in [3.05, 3.63) is 10.6 Å². The maximum Gasteiger partial charge on any atom is 0.113 e. The molecule has 1 saturated heterocycles. The lowest BCUT2D eigenvalue weighted by atomic mass is 9.99. The Morgan fingerprint density at radius 1 is 1.53 bits per heavy atom. The van der Waals surface area contributed by atoms with E-state index in [4.69, 9.17) is 21.4 Å². The van der Waals surface area contributed by atoms with Gasteiger partial charge in [-0.05, 0) is 0 Å². The molecule has 0 saturated carbocycles. The van der Waals surface area contributed by atoms with Crippen molar-refractivity contribution < 1.29 is 20.1 Å². The van der Waals surface area contributed by atoms with E-state index in [0.717, 1.165) is 16.5 Å². The second kappa shape index (κ2) is 5.66. The molecule has 1 fully saturated rings. The summed E-state index contributed by atoms with van der Waals surface area (Å²) in [5, 5.41) is 37.4. The van der Waals surface area contributed by atoms with E-state index in [2.05, 4.69) is 10.6 Å². The molecule has 6 nitrogen and oxygen atoms in total. The number of hydrogen-bond donors (Lipinski definition) is 6. The first-order valence-electron chi connectivity index (χ1n) is 5.17. The van der Waals surface area contributed by atoms with Gasteiger partial charge in [0.2, 0.25) is 0 Å². The SMILES string of the molecule is OC[C@H]1OC[C@@H](NC2=[SH]C=C(Cl)N2)[C@@H](O)[C@H]1O. The normalized spacial score (nSPS) is 37.9. The van der Waals surface area contributed by atoms with Crippen LogP contribution in [0.5, 0.6) is 0 Å². The topological polar surface area (TPSA) is 94.0 Å². The Kier molecular flexibility index (Phi) is 4.42. The molecule has 2 aliphatic rings. The van der Waals surface area contributed by atoms with Gasteiger partial charge in [0.25, 0.3) is 0 Å². The maximum atomic E-state index is 9.87. The third kappa shape index (κ3) is 3.00. The molecule has 2 heterocycles. The van der Waals surface area contributed by atoms with Gasteiger partial charge in [0, 0.05) is 5.41 Å². The smallest absolute Gasteiger partial charge is 0.113 e. The number of hydrogen-bond acceptors (Lipinski definition) is 6. The molecule has 0 unspecified atom stereocenters. The molecule has 0 aromatic rings. The molecule has 98 valence electrons. The summed E-state index contributed by atoms with van der Waals surface area (Å²) in [6.07, 6.45) is -2.83.